The SMILES string of the molecule is CCNC(=NCc1cccc(NC(=O)CN(C)C)c1)NCC1(C)CCCO1. The molecule has 27 heavy (non-hydrogen) atoms. The van der Waals surface area contributed by atoms with Crippen LogP contribution in [-0.4, -0.2) is 62.7 Å². The van der Waals surface area contributed by atoms with Crippen LogP contribution in [-0.2, 0) is 16.1 Å². The molecule has 0 aliphatic carbocycles. The number of anilines is 1. The molecule has 1 atom stereocenters. The first-order valence-electron chi connectivity index (χ1n) is 9.60. The maximum absolute atomic E-state index is 11.9. The fourth-order valence-corrected chi connectivity index (χ4v) is 2.99. The number of guanidine groups is 1. The highest BCUT2D eigenvalue weighted by Crippen LogP contribution is 2.23. The van der Waals surface area contributed by atoms with Crippen LogP contribution >= 0.6 is 0 Å². The van der Waals surface area contributed by atoms with Crippen molar-refractivity contribution in [2.75, 3.05) is 45.7 Å². The van der Waals surface area contributed by atoms with Gasteiger partial charge < -0.3 is 25.6 Å². The summed E-state index contributed by atoms with van der Waals surface area (Å²) in [6.45, 7) is 7.44. The monoisotopic (exact) mass is 375 g/mol. The number of rotatable bonds is 8. The second kappa shape index (κ2) is 10.3. The maximum atomic E-state index is 11.9. The molecule has 0 aromatic heterocycles. The summed E-state index contributed by atoms with van der Waals surface area (Å²) in [5.41, 5.74) is 1.71. The third kappa shape index (κ3) is 7.56. The average Bonchev–Trinajstić information content (AvgIpc) is 3.04. The predicted molar refractivity (Wildman–Crippen MR) is 110 cm³/mol. The van der Waals surface area contributed by atoms with Gasteiger partial charge in [0.2, 0.25) is 5.91 Å². The van der Waals surface area contributed by atoms with E-state index in [1.807, 2.05) is 50.2 Å². The van der Waals surface area contributed by atoms with E-state index in [0.717, 1.165) is 49.7 Å². The molecule has 1 saturated heterocycles. The Kier molecular flexibility index (Phi) is 8.06. The van der Waals surface area contributed by atoms with Gasteiger partial charge in [-0.15, -0.1) is 0 Å². The zero-order chi connectivity index (χ0) is 19.7. The Bertz CT molecular complexity index is 639. The van der Waals surface area contributed by atoms with Gasteiger partial charge in [0.05, 0.1) is 18.7 Å². The fourth-order valence-electron chi connectivity index (χ4n) is 2.99. The van der Waals surface area contributed by atoms with E-state index in [9.17, 15) is 4.79 Å². The molecule has 1 aromatic rings. The largest absolute Gasteiger partial charge is 0.373 e. The quantitative estimate of drug-likeness (QED) is 0.477. The summed E-state index contributed by atoms with van der Waals surface area (Å²) in [7, 11) is 3.74. The van der Waals surface area contributed by atoms with Crippen molar-refractivity contribution in [1.82, 2.24) is 15.5 Å². The number of nitrogens with zero attached hydrogens (tertiary/aromatic N) is 2. The number of hydrogen-bond acceptors (Lipinski definition) is 4. The molecule has 1 amide bonds. The molecular weight excluding hydrogens is 342 g/mol. The minimum absolute atomic E-state index is 0.0273. The van der Waals surface area contributed by atoms with E-state index in [4.69, 9.17) is 4.74 Å². The molecule has 0 bridgehead atoms. The number of carbonyl (C=O) groups is 1. The lowest BCUT2D eigenvalue weighted by molar-refractivity contribution is -0.116. The van der Waals surface area contributed by atoms with Crippen LogP contribution in [0.1, 0.15) is 32.3 Å². The summed E-state index contributed by atoms with van der Waals surface area (Å²) < 4.78 is 5.82. The second-order valence-corrected chi connectivity index (χ2v) is 7.44. The van der Waals surface area contributed by atoms with Gasteiger partial charge in [0.25, 0.3) is 0 Å². The summed E-state index contributed by atoms with van der Waals surface area (Å²) in [4.78, 5) is 18.4. The van der Waals surface area contributed by atoms with Crippen LogP contribution < -0.4 is 16.0 Å². The molecular formula is C20H33N5O2. The minimum atomic E-state index is -0.118. The van der Waals surface area contributed by atoms with Crippen molar-refractivity contribution in [2.24, 2.45) is 4.99 Å². The Morgan fingerprint density at radius 2 is 2.15 bits per heavy atom. The average molecular weight is 376 g/mol. The number of hydrogen-bond donors (Lipinski definition) is 3. The molecule has 1 aliphatic rings. The number of amides is 1. The molecule has 1 unspecified atom stereocenters. The fraction of sp³-hybridized carbons (Fsp3) is 0.600. The molecule has 7 heteroatoms. The third-order valence-electron chi connectivity index (χ3n) is 4.36. The van der Waals surface area contributed by atoms with E-state index >= 15 is 0 Å². The van der Waals surface area contributed by atoms with Crippen LogP contribution in [0.5, 0.6) is 0 Å². The van der Waals surface area contributed by atoms with E-state index in [0.29, 0.717) is 13.1 Å². The van der Waals surface area contributed by atoms with E-state index in [1.54, 1.807) is 0 Å². The van der Waals surface area contributed by atoms with Gasteiger partial charge >= 0.3 is 0 Å². The predicted octanol–water partition coefficient (Wildman–Crippen LogP) is 1.81. The molecule has 150 valence electrons. The van der Waals surface area contributed by atoms with E-state index in [1.165, 1.54) is 0 Å². The maximum Gasteiger partial charge on any atom is 0.238 e. The van der Waals surface area contributed by atoms with Crippen LogP contribution in [0.3, 0.4) is 0 Å². The Morgan fingerprint density at radius 1 is 1.33 bits per heavy atom. The lowest BCUT2D eigenvalue weighted by Crippen LogP contribution is -2.45. The van der Waals surface area contributed by atoms with Crippen molar-refractivity contribution in [3.8, 4) is 0 Å². The minimum Gasteiger partial charge on any atom is -0.373 e. The van der Waals surface area contributed by atoms with Gasteiger partial charge in [-0.2, -0.15) is 0 Å². The summed E-state index contributed by atoms with van der Waals surface area (Å²) in [5.74, 6) is 0.747. The van der Waals surface area contributed by atoms with Crippen LogP contribution in [0.15, 0.2) is 29.3 Å². The van der Waals surface area contributed by atoms with E-state index in [2.05, 4.69) is 27.9 Å². The third-order valence-corrected chi connectivity index (χ3v) is 4.36. The molecule has 1 aliphatic heterocycles. The molecule has 0 spiro atoms. The smallest absolute Gasteiger partial charge is 0.238 e. The number of ether oxygens (including phenoxy) is 1. The Labute approximate surface area is 162 Å². The summed E-state index contributed by atoms with van der Waals surface area (Å²) >= 11 is 0. The second-order valence-electron chi connectivity index (χ2n) is 7.44. The summed E-state index contributed by atoms with van der Waals surface area (Å²) in [5, 5.41) is 9.57. The molecule has 1 heterocycles. The Hall–Kier alpha value is -2.12. The number of aliphatic imine (C=N–C) groups is 1. The van der Waals surface area contributed by atoms with Gasteiger partial charge in [0.1, 0.15) is 0 Å². The zero-order valence-corrected chi connectivity index (χ0v) is 17.0. The van der Waals surface area contributed by atoms with Crippen molar-refractivity contribution in [2.45, 2.75) is 38.8 Å². The summed E-state index contributed by atoms with van der Waals surface area (Å²) in [6.07, 6.45) is 2.17. The van der Waals surface area contributed by atoms with Gasteiger partial charge in [-0.1, -0.05) is 12.1 Å². The van der Waals surface area contributed by atoms with Crippen molar-refractivity contribution in [3.63, 3.8) is 0 Å². The highest BCUT2D eigenvalue weighted by molar-refractivity contribution is 5.92. The van der Waals surface area contributed by atoms with Crippen LogP contribution in [0.25, 0.3) is 0 Å². The molecule has 2 rings (SSSR count). The normalized spacial score (nSPS) is 20.0. The standard InChI is InChI=1S/C20H33N5O2/c1-5-21-19(23-15-20(2)10-7-11-27-20)22-13-16-8-6-9-17(12-16)24-18(26)14-25(3)4/h6,8-9,12H,5,7,10-11,13-15H2,1-4H3,(H,24,26)(H2,21,22,23). The lowest BCUT2D eigenvalue weighted by Gasteiger charge is -2.24. The number of carbonyl (C=O) groups excluding carboxylic acids is 1. The molecule has 3 N–H and O–H groups in total. The van der Waals surface area contributed by atoms with Crippen molar-refractivity contribution in [3.05, 3.63) is 29.8 Å². The molecule has 1 fully saturated rings. The molecule has 0 saturated carbocycles. The molecule has 1 aromatic carbocycles. The Morgan fingerprint density at radius 3 is 2.81 bits per heavy atom. The molecule has 7 nitrogen and oxygen atoms in total. The first-order valence-corrected chi connectivity index (χ1v) is 9.60. The lowest BCUT2D eigenvalue weighted by atomic mass is 10.0. The first-order chi connectivity index (χ1) is 12.9. The van der Waals surface area contributed by atoms with Crippen LogP contribution in [0.2, 0.25) is 0 Å². The highest BCUT2D eigenvalue weighted by atomic mass is 16.5. The topological polar surface area (TPSA) is 78.0 Å². The first kappa shape index (κ1) is 21.2. The number of nitrogens with one attached hydrogen (secondary N) is 3. The van der Waals surface area contributed by atoms with Crippen LogP contribution in [0.4, 0.5) is 5.69 Å². The van der Waals surface area contributed by atoms with Crippen molar-refractivity contribution < 1.29 is 9.53 Å². The highest BCUT2D eigenvalue weighted by Gasteiger charge is 2.29. The number of likely N-dealkylation sites (N-methyl/N-ethyl adjacent to an activating group) is 1. The van der Waals surface area contributed by atoms with Gasteiger partial charge in [0, 0.05) is 25.4 Å². The van der Waals surface area contributed by atoms with Gasteiger partial charge in [-0.25, -0.2) is 4.99 Å². The Balaban J connectivity index is 1.94. The molecule has 0 radical (unpaired) electrons. The van der Waals surface area contributed by atoms with Gasteiger partial charge in [-0.3, -0.25) is 4.79 Å². The number of benzene rings is 1. The van der Waals surface area contributed by atoms with E-state index < -0.39 is 0 Å². The summed E-state index contributed by atoms with van der Waals surface area (Å²) in [6, 6.07) is 7.80. The van der Waals surface area contributed by atoms with Gasteiger partial charge in [-0.05, 0) is 58.5 Å². The van der Waals surface area contributed by atoms with E-state index in [-0.39, 0.29) is 11.5 Å². The van der Waals surface area contributed by atoms with Crippen molar-refractivity contribution in [1.29, 1.82) is 0 Å². The van der Waals surface area contributed by atoms with Crippen molar-refractivity contribution >= 4 is 17.6 Å². The van der Waals surface area contributed by atoms with Crippen LogP contribution in [0, 0.1) is 0 Å². The zero-order valence-electron chi connectivity index (χ0n) is 17.0. The van der Waals surface area contributed by atoms with Gasteiger partial charge in [0.15, 0.2) is 5.96 Å².